The van der Waals surface area contributed by atoms with Gasteiger partial charge in [-0.15, -0.1) is 0 Å². The Morgan fingerprint density at radius 3 is 2.55 bits per heavy atom. The van der Waals surface area contributed by atoms with E-state index in [4.69, 9.17) is 4.74 Å². The lowest BCUT2D eigenvalue weighted by Gasteiger charge is -2.21. The molecule has 11 heteroatoms. The van der Waals surface area contributed by atoms with Crippen LogP contribution in [0.4, 0.5) is 5.95 Å². The molecule has 1 aliphatic heterocycles. The average Bonchev–Trinajstić information content (AvgIpc) is 3.22. The zero-order valence-corrected chi connectivity index (χ0v) is 19.7. The van der Waals surface area contributed by atoms with E-state index in [0.29, 0.717) is 12.1 Å². The maximum atomic E-state index is 12.9. The third-order valence-electron chi connectivity index (χ3n) is 5.27. The molecule has 3 aromatic rings. The van der Waals surface area contributed by atoms with E-state index in [1.54, 1.807) is 6.07 Å². The second-order valence-corrected chi connectivity index (χ2v) is 10.2. The molecule has 1 aliphatic rings. The highest BCUT2D eigenvalue weighted by Gasteiger charge is 2.25. The Hall–Kier alpha value is -3.47. The summed E-state index contributed by atoms with van der Waals surface area (Å²) >= 11 is 0. The Labute approximate surface area is 192 Å². The molecule has 0 unspecified atom stereocenters. The smallest absolute Gasteiger partial charge is 0.281 e. The van der Waals surface area contributed by atoms with Crippen LogP contribution in [0.3, 0.4) is 0 Å². The van der Waals surface area contributed by atoms with Gasteiger partial charge in [-0.3, -0.25) is 9.89 Å². The molecular formula is C22H26N6O4S. The lowest BCUT2D eigenvalue weighted by atomic mass is 10.00. The molecule has 4 rings (SSSR count). The van der Waals surface area contributed by atoms with Crippen LogP contribution in [0.15, 0.2) is 35.4 Å². The number of hydrogen-bond acceptors (Lipinski definition) is 7. The van der Waals surface area contributed by atoms with Gasteiger partial charge in [-0.2, -0.15) is 18.5 Å². The van der Waals surface area contributed by atoms with E-state index in [9.17, 15) is 13.2 Å². The molecule has 0 saturated heterocycles. The number of nitrogens with zero attached hydrogens (tertiary/aromatic N) is 3. The second-order valence-electron chi connectivity index (χ2n) is 8.52. The molecule has 2 aromatic heterocycles. The lowest BCUT2D eigenvalue weighted by molar-refractivity contribution is 0.0908. The Kier molecular flexibility index (Phi) is 6.07. The Bertz CT molecular complexity index is 1280. The highest BCUT2D eigenvalue weighted by atomic mass is 32.2. The summed E-state index contributed by atoms with van der Waals surface area (Å²) in [6.45, 7) is 8.14. The number of carbonyl (C=O) groups excluding carboxylic acids is 1. The molecule has 0 aliphatic carbocycles. The Morgan fingerprint density at radius 1 is 1.12 bits per heavy atom. The van der Waals surface area contributed by atoms with Gasteiger partial charge in [0.2, 0.25) is 11.8 Å². The number of benzene rings is 1. The molecule has 174 valence electrons. The number of carbonyl (C=O) groups is 1. The molecule has 33 heavy (non-hydrogen) atoms. The summed E-state index contributed by atoms with van der Waals surface area (Å²) in [6, 6.07) is 8.38. The molecule has 0 saturated carbocycles. The summed E-state index contributed by atoms with van der Waals surface area (Å²) in [7, 11) is -4.12. The summed E-state index contributed by atoms with van der Waals surface area (Å²) in [5.74, 6) is -0.139. The number of ether oxygens (including phenoxy) is 1. The maximum Gasteiger partial charge on any atom is 0.281 e. The van der Waals surface area contributed by atoms with Gasteiger partial charge < -0.3 is 10.1 Å². The standard InChI is InChI=1S/C22H26N6O4S/c1-12(2)8-15-11-32-18-9-16(20-13(3)6-5-7-14(20)4)24-22(25-18)28-33(30,31)19-10-17(26-27-19)21(29)23-15/h5-7,9-10,12,15H,8,11H2,1-4H3,(H,23,29)(H,26,27)(H,24,25,28)/t15-/m1/s1. The van der Waals surface area contributed by atoms with Crippen molar-refractivity contribution in [2.45, 2.75) is 45.2 Å². The van der Waals surface area contributed by atoms with E-state index in [1.165, 1.54) is 6.07 Å². The largest absolute Gasteiger partial charge is 0.475 e. The zero-order chi connectivity index (χ0) is 23.8. The van der Waals surface area contributed by atoms with Crippen molar-refractivity contribution in [1.29, 1.82) is 0 Å². The number of amides is 1. The Balaban J connectivity index is 1.83. The van der Waals surface area contributed by atoms with Gasteiger partial charge in [0.15, 0.2) is 10.7 Å². The predicted molar refractivity (Wildman–Crippen MR) is 123 cm³/mol. The summed E-state index contributed by atoms with van der Waals surface area (Å²) < 4.78 is 34.1. The molecule has 0 spiro atoms. The number of aryl methyl sites for hydroxylation is 2. The van der Waals surface area contributed by atoms with Gasteiger partial charge in [0.25, 0.3) is 15.9 Å². The molecule has 10 nitrogen and oxygen atoms in total. The number of sulfonamides is 1. The van der Waals surface area contributed by atoms with Crippen LogP contribution in [0, 0.1) is 19.8 Å². The summed E-state index contributed by atoms with van der Waals surface area (Å²) in [5, 5.41) is 8.88. The van der Waals surface area contributed by atoms with Crippen LogP contribution in [-0.2, 0) is 10.0 Å². The van der Waals surface area contributed by atoms with Crippen LogP contribution in [0.5, 0.6) is 5.88 Å². The van der Waals surface area contributed by atoms with E-state index >= 15 is 0 Å². The van der Waals surface area contributed by atoms with Gasteiger partial charge in [-0.1, -0.05) is 32.0 Å². The number of anilines is 1. The maximum absolute atomic E-state index is 12.9. The van der Waals surface area contributed by atoms with Crippen LogP contribution in [0.25, 0.3) is 11.3 Å². The van der Waals surface area contributed by atoms with Crippen molar-refractivity contribution in [1.82, 2.24) is 25.5 Å². The zero-order valence-electron chi connectivity index (χ0n) is 18.8. The van der Waals surface area contributed by atoms with Crippen molar-refractivity contribution in [2.24, 2.45) is 5.92 Å². The van der Waals surface area contributed by atoms with Gasteiger partial charge in [0.1, 0.15) is 6.61 Å². The fourth-order valence-corrected chi connectivity index (χ4v) is 4.68. The number of fused-ring (bicyclic) bond motifs is 4. The monoisotopic (exact) mass is 470 g/mol. The van der Waals surface area contributed by atoms with Crippen molar-refractivity contribution in [3.05, 3.63) is 47.2 Å². The number of rotatable bonds is 3. The van der Waals surface area contributed by atoms with E-state index in [-0.39, 0.29) is 41.1 Å². The third-order valence-corrected chi connectivity index (χ3v) is 6.51. The minimum Gasteiger partial charge on any atom is -0.475 e. The molecule has 1 atom stereocenters. The SMILES string of the molecule is Cc1cccc(C)c1-c1cc2nc(n1)NS(=O)(=O)c1cc(n[nH]1)C(=O)N[C@H](CC(C)C)CO2. The van der Waals surface area contributed by atoms with Gasteiger partial charge in [-0.05, 0) is 37.3 Å². The van der Waals surface area contributed by atoms with Gasteiger partial charge in [0, 0.05) is 17.7 Å². The molecule has 0 radical (unpaired) electrons. The first-order valence-electron chi connectivity index (χ1n) is 10.6. The number of hydrogen-bond donors (Lipinski definition) is 3. The Morgan fingerprint density at radius 2 is 1.85 bits per heavy atom. The minimum absolute atomic E-state index is 0.0350. The first-order valence-corrected chi connectivity index (χ1v) is 12.1. The normalized spacial score (nSPS) is 17.7. The summed E-state index contributed by atoms with van der Waals surface area (Å²) in [5.41, 5.74) is 3.32. The number of aromatic amines is 1. The second kappa shape index (κ2) is 8.81. The molecule has 1 aromatic carbocycles. The number of aromatic nitrogens is 4. The molecule has 4 bridgehead atoms. The van der Waals surface area contributed by atoms with E-state index in [1.807, 2.05) is 45.9 Å². The number of H-pyrrole nitrogens is 1. The lowest BCUT2D eigenvalue weighted by Crippen LogP contribution is -2.40. The van der Waals surface area contributed by atoms with Crippen LogP contribution >= 0.6 is 0 Å². The van der Waals surface area contributed by atoms with E-state index in [2.05, 4.69) is 30.2 Å². The first-order chi connectivity index (χ1) is 15.6. The molecular weight excluding hydrogens is 444 g/mol. The molecule has 1 amide bonds. The van der Waals surface area contributed by atoms with Crippen LogP contribution in [0.1, 0.15) is 41.9 Å². The van der Waals surface area contributed by atoms with Gasteiger partial charge >= 0.3 is 0 Å². The van der Waals surface area contributed by atoms with Gasteiger partial charge in [0.05, 0.1) is 11.7 Å². The summed E-state index contributed by atoms with van der Waals surface area (Å²) in [6.07, 6.45) is 0.654. The van der Waals surface area contributed by atoms with Crippen LogP contribution in [0.2, 0.25) is 0 Å². The fraction of sp³-hybridized carbons (Fsp3) is 0.364. The van der Waals surface area contributed by atoms with Crippen LogP contribution < -0.4 is 14.8 Å². The van der Waals surface area contributed by atoms with Crippen molar-refractivity contribution >= 4 is 21.9 Å². The van der Waals surface area contributed by atoms with E-state index in [0.717, 1.165) is 16.7 Å². The van der Waals surface area contributed by atoms with Crippen molar-refractivity contribution < 1.29 is 17.9 Å². The highest BCUT2D eigenvalue weighted by Crippen LogP contribution is 2.29. The minimum atomic E-state index is -4.12. The summed E-state index contributed by atoms with van der Waals surface area (Å²) in [4.78, 5) is 21.4. The molecule has 3 heterocycles. The van der Waals surface area contributed by atoms with Crippen molar-refractivity contribution in [3.63, 3.8) is 0 Å². The van der Waals surface area contributed by atoms with Crippen LogP contribution in [-0.4, -0.2) is 47.1 Å². The average molecular weight is 471 g/mol. The van der Waals surface area contributed by atoms with Gasteiger partial charge in [-0.25, -0.2) is 9.71 Å². The number of nitrogens with one attached hydrogen (secondary N) is 3. The fourth-order valence-electron chi connectivity index (χ4n) is 3.81. The highest BCUT2D eigenvalue weighted by molar-refractivity contribution is 7.92. The van der Waals surface area contributed by atoms with E-state index < -0.39 is 15.9 Å². The third kappa shape index (κ3) is 4.98. The quantitative estimate of drug-likeness (QED) is 0.535. The molecule has 0 fully saturated rings. The topological polar surface area (TPSA) is 139 Å². The van der Waals surface area contributed by atoms with Crippen molar-refractivity contribution in [3.8, 4) is 17.1 Å². The molecule has 3 N–H and O–H groups in total. The predicted octanol–water partition coefficient (Wildman–Crippen LogP) is 2.82. The van der Waals surface area contributed by atoms with Crippen molar-refractivity contribution in [2.75, 3.05) is 11.3 Å². The first kappa shape index (κ1) is 22.7.